The van der Waals surface area contributed by atoms with Gasteiger partial charge in [-0.2, -0.15) is 0 Å². The molecule has 0 radical (unpaired) electrons. The van der Waals surface area contributed by atoms with Gasteiger partial charge in [0.1, 0.15) is 6.54 Å². The number of amides is 3. The van der Waals surface area contributed by atoms with Gasteiger partial charge in [-0.1, -0.05) is 6.92 Å². The molecule has 0 aliphatic carbocycles. The van der Waals surface area contributed by atoms with Gasteiger partial charge in [0, 0.05) is 14.1 Å². The molecule has 0 N–H and O–H groups in total. The number of nitrogens with zero attached hydrogens (tertiary/aromatic N) is 5. The summed E-state index contributed by atoms with van der Waals surface area (Å²) in [6.45, 7) is 3.02. The zero-order valence-electron chi connectivity index (χ0n) is 12.4. The number of rotatable bonds is 5. The Bertz CT molecular complexity index is 591. The molecule has 1 fully saturated rings. The fraction of sp³-hybridized carbons (Fsp3) is 0.615. The maximum Gasteiger partial charge on any atom is 0.333 e. The van der Waals surface area contributed by atoms with Crippen molar-refractivity contribution in [3.8, 4) is 0 Å². The molecule has 3 amide bonds. The summed E-state index contributed by atoms with van der Waals surface area (Å²) in [7, 11) is 3.13. The van der Waals surface area contributed by atoms with Crippen molar-refractivity contribution in [1.29, 1.82) is 0 Å². The van der Waals surface area contributed by atoms with Crippen molar-refractivity contribution in [1.82, 2.24) is 9.80 Å². The fourth-order valence-electron chi connectivity index (χ4n) is 2.53. The van der Waals surface area contributed by atoms with Crippen LogP contribution in [0.5, 0.6) is 0 Å². The van der Waals surface area contributed by atoms with Gasteiger partial charge < -0.3 is 0 Å². The summed E-state index contributed by atoms with van der Waals surface area (Å²) in [5.41, 5.74) is 0. The van der Waals surface area contributed by atoms with Gasteiger partial charge in [-0.3, -0.25) is 14.6 Å². The van der Waals surface area contributed by atoms with E-state index in [1.165, 1.54) is 11.9 Å². The summed E-state index contributed by atoms with van der Waals surface area (Å²) in [5, 5.41) is 2.32. The van der Waals surface area contributed by atoms with E-state index >= 15 is 0 Å². The van der Waals surface area contributed by atoms with E-state index in [1.807, 2.05) is 11.5 Å². The molecule has 21 heavy (non-hydrogen) atoms. The lowest BCUT2D eigenvalue weighted by Gasteiger charge is -2.30. The first-order valence-corrected chi connectivity index (χ1v) is 7.23. The molecule has 1 unspecified atom stereocenters. The average molecular weight is 308 g/mol. The highest BCUT2D eigenvalue weighted by Crippen LogP contribution is 2.20. The van der Waals surface area contributed by atoms with Crippen molar-refractivity contribution in [2.75, 3.05) is 27.2 Å². The number of carbonyl (C=O) groups excluding carboxylic acids is 2. The van der Waals surface area contributed by atoms with Gasteiger partial charge in [-0.05, 0) is 23.6 Å². The molecule has 0 bridgehead atoms. The Balaban J connectivity index is 2.37. The topological polar surface area (TPSA) is 68.3 Å². The summed E-state index contributed by atoms with van der Waals surface area (Å²) in [6, 6.07) is -0.899. The number of likely N-dealkylation sites (N-methyl/N-ethyl adjacent to an activating group) is 2. The molecule has 2 rings (SSSR count). The number of hydrogen-bond donors (Lipinski definition) is 0. The smallest absolute Gasteiger partial charge is 0.269 e. The highest BCUT2D eigenvalue weighted by atomic mass is 32.1. The van der Waals surface area contributed by atoms with Crippen LogP contribution in [0.15, 0.2) is 9.98 Å². The summed E-state index contributed by atoms with van der Waals surface area (Å²) in [6.07, 6.45) is 1.66. The van der Waals surface area contributed by atoms with E-state index in [4.69, 9.17) is 0 Å². The molecule has 0 aromatic carbocycles. The first-order valence-electron chi connectivity index (χ1n) is 6.82. The number of carbonyl (C=O) groups is 2. The number of aliphatic imine (C=N–C) groups is 2. The third kappa shape index (κ3) is 2.64. The predicted octanol–water partition coefficient (Wildman–Crippen LogP) is 0.605. The van der Waals surface area contributed by atoms with E-state index in [9.17, 15) is 9.59 Å². The number of amidine groups is 2. The van der Waals surface area contributed by atoms with Crippen molar-refractivity contribution in [2.24, 2.45) is 9.98 Å². The standard InChI is InChI=1S/C13H18N5O2S/c1-4-5-9-15-11-10(18(9)7-6-14-8-21)12(19)17(3)13(20)16(11)2/h10H,4-7H2,1-3H3/q+1. The number of fused-ring (bicyclic) bond motifs is 1. The molecule has 0 aromatic rings. The maximum atomic E-state index is 12.4. The molecule has 1 atom stereocenters. The summed E-state index contributed by atoms with van der Waals surface area (Å²) < 4.78 is 1.91. The van der Waals surface area contributed by atoms with Crippen LogP contribution in [0.4, 0.5) is 4.79 Å². The third-order valence-electron chi connectivity index (χ3n) is 3.60. The molecule has 7 nitrogen and oxygen atoms in total. The van der Waals surface area contributed by atoms with E-state index in [1.54, 1.807) is 7.05 Å². The molecular weight excluding hydrogens is 290 g/mol. The Morgan fingerprint density at radius 1 is 1.38 bits per heavy atom. The number of imide groups is 1. The van der Waals surface area contributed by atoms with Crippen LogP contribution >= 0.6 is 12.2 Å². The van der Waals surface area contributed by atoms with Crippen LogP contribution in [0.1, 0.15) is 19.8 Å². The second kappa shape index (κ2) is 6.24. The van der Waals surface area contributed by atoms with Crippen molar-refractivity contribution in [2.45, 2.75) is 25.8 Å². The van der Waals surface area contributed by atoms with E-state index in [0.717, 1.165) is 23.6 Å². The second-order valence-electron chi connectivity index (χ2n) is 4.94. The van der Waals surface area contributed by atoms with Crippen LogP contribution in [0, 0.1) is 0 Å². The Hall–Kier alpha value is -1.92. The molecule has 1 saturated heterocycles. The van der Waals surface area contributed by atoms with Gasteiger partial charge in [-0.25, -0.2) is 14.4 Å². The Morgan fingerprint density at radius 2 is 2.10 bits per heavy atom. The maximum absolute atomic E-state index is 12.4. The minimum atomic E-state index is -0.542. The molecule has 2 aliphatic rings. The van der Waals surface area contributed by atoms with Crippen molar-refractivity contribution < 1.29 is 14.2 Å². The van der Waals surface area contributed by atoms with Crippen molar-refractivity contribution in [3.63, 3.8) is 0 Å². The highest BCUT2D eigenvalue weighted by molar-refractivity contribution is 7.78. The molecule has 0 spiro atoms. The van der Waals surface area contributed by atoms with E-state index in [2.05, 4.69) is 27.4 Å². The number of hydrogen-bond acceptors (Lipinski definition) is 5. The Labute approximate surface area is 128 Å². The molecule has 8 heteroatoms. The van der Waals surface area contributed by atoms with Crippen LogP contribution in [-0.2, 0) is 4.79 Å². The number of thiocarbonyl (C=S) groups is 1. The Kier molecular flexibility index (Phi) is 4.59. The SMILES string of the molecule is CCCC1=[N+](CCN=C=S)C2C(=O)N(C)C(=O)N(C)C2=N1. The lowest BCUT2D eigenvalue weighted by atomic mass is 10.1. The van der Waals surface area contributed by atoms with E-state index in [-0.39, 0.29) is 11.9 Å². The molecule has 0 aromatic heterocycles. The minimum absolute atomic E-state index is 0.255. The average Bonchev–Trinajstić information content (AvgIpc) is 2.82. The summed E-state index contributed by atoms with van der Waals surface area (Å²) >= 11 is 4.57. The van der Waals surface area contributed by atoms with Crippen LogP contribution < -0.4 is 0 Å². The molecule has 2 aliphatic heterocycles. The first-order chi connectivity index (χ1) is 10.0. The first kappa shape index (κ1) is 15.5. The molecular formula is C13H18N5O2S+. The lowest BCUT2D eigenvalue weighted by molar-refractivity contribution is -0.533. The number of urea groups is 1. The second-order valence-corrected chi connectivity index (χ2v) is 5.13. The normalized spacial score (nSPS) is 21.5. The third-order valence-corrected chi connectivity index (χ3v) is 3.73. The summed E-state index contributed by atoms with van der Waals surface area (Å²) in [5.74, 6) is 1.06. The van der Waals surface area contributed by atoms with Gasteiger partial charge >= 0.3 is 6.03 Å². The van der Waals surface area contributed by atoms with E-state index in [0.29, 0.717) is 18.9 Å². The van der Waals surface area contributed by atoms with Crippen LogP contribution in [0.2, 0.25) is 0 Å². The van der Waals surface area contributed by atoms with Gasteiger partial charge in [0.25, 0.3) is 23.6 Å². The number of isothiocyanates is 1. The van der Waals surface area contributed by atoms with Gasteiger partial charge in [-0.15, -0.1) is 0 Å². The summed E-state index contributed by atoms with van der Waals surface area (Å²) in [4.78, 5) is 35.4. The monoisotopic (exact) mass is 308 g/mol. The van der Waals surface area contributed by atoms with Gasteiger partial charge in [0.2, 0.25) is 0 Å². The Morgan fingerprint density at radius 3 is 2.71 bits per heavy atom. The van der Waals surface area contributed by atoms with Gasteiger partial charge in [0.05, 0.1) is 18.1 Å². The van der Waals surface area contributed by atoms with Crippen LogP contribution in [0.3, 0.4) is 0 Å². The largest absolute Gasteiger partial charge is 0.333 e. The minimum Gasteiger partial charge on any atom is -0.269 e. The van der Waals surface area contributed by atoms with E-state index < -0.39 is 6.04 Å². The zero-order chi connectivity index (χ0) is 15.6. The predicted molar refractivity (Wildman–Crippen MR) is 82.1 cm³/mol. The molecule has 0 saturated carbocycles. The van der Waals surface area contributed by atoms with Crippen molar-refractivity contribution in [3.05, 3.63) is 0 Å². The fourth-order valence-corrected chi connectivity index (χ4v) is 2.62. The molecule has 2 heterocycles. The van der Waals surface area contributed by atoms with Crippen LogP contribution in [0.25, 0.3) is 0 Å². The lowest BCUT2D eigenvalue weighted by Crippen LogP contribution is -2.61. The highest BCUT2D eigenvalue weighted by Gasteiger charge is 2.52. The molecule has 112 valence electrons. The van der Waals surface area contributed by atoms with Crippen LogP contribution in [-0.4, -0.2) is 76.4 Å². The van der Waals surface area contributed by atoms with Crippen molar-refractivity contribution >= 4 is 41.0 Å². The quantitative estimate of drug-likeness (QED) is 0.424. The van der Waals surface area contributed by atoms with Gasteiger partial charge in [0.15, 0.2) is 0 Å². The zero-order valence-corrected chi connectivity index (χ0v) is 13.2.